The summed E-state index contributed by atoms with van der Waals surface area (Å²) < 4.78 is 45.4. The number of para-hydroxylation sites is 2. The van der Waals surface area contributed by atoms with Crippen molar-refractivity contribution in [1.82, 2.24) is 4.90 Å². The summed E-state index contributed by atoms with van der Waals surface area (Å²) in [6.07, 6.45) is -2.41. The second kappa shape index (κ2) is 7.14. The first-order valence-electron chi connectivity index (χ1n) is 10.1. The van der Waals surface area contributed by atoms with Crippen LogP contribution in [0.5, 0.6) is 11.5 Å². The molecule has 1 N–H and O–H groups in total. The minimum Gasteiger partial charge on any atom is -0.454 e. The van der Waals surface area contributed by atoms with Gasteiger partial charge in [-0.1, -0.05) is 35.9 Å². The summed E-state index contributed by atoms with van der Waals surface area (Å²) in [7, 11) is 0. The van der Waals surface area contributed by atoms with Crippen LogP contribution in [0.25, 0.3) is 5.57 Å². The Kier molecular flexibility index (Phi) is 4.53. The summed E-state index contributed by atoms with van der Waals surface area (Å²) in [5.41, 5.74) is 4.10. The summed E-state index contributed by atoms with van der Waals surface area (Å²) in [4.78, 5) is 24.1. The quantitative estimate of drug-likeness (QED) is 0.592. The van der Waals surface area contributed by atoms with Gasteiger partial charge in [0.2, 0.25) is 6.41 Å². The monoisotopic (exact) mass is 428 g/mol. The molecule has 3 heterocycles. The van der Waals surface area contributed by atoms with Crippen molar-refractivity contribution in [3.8, 4) is 11.5 Å². The Morgan fingerprint density at radius 2 is 1.71 bits per heavy atom. The molecule has 8 heteroatoms. The van der Waals surface area contributed by atoms with E-state index in [9.17, 15) is 22.8 Å². The predicted octanol–water partition coefficient (Wildman–Crippen LogP) is 4.88. The number of nitrogens with one attached hydrogen (secondary N) is 1. The first-order chi connectivity index (χ1) is 14.9. The maximum absolute atomic E-state index is 13.1. The fourth-order valence-electron chi connectivity index (χ4n) is 5.12. The molecule has 160 valence electrons. The Balaban J connectivity index is 1.62. The highest BCUT2D eigenvalue weighted by Gasteiger charge is 2.51. The van der Waals surface area contributed by atoms with Gasteiger partial charge in [-0.3, -0.25) is 9.59 Å². The van der Waals surface area contributed by atoms with Gasteiger partial charge in [0.15, 0.2) is 5.75 Å². The SMILES string of the molecule is O=CNc1cccc2c1Oc1ccccc1C2=C1CC2CCC(C1)N2C(=O)C(F)(F)F. The second-order valence-corrected chi connectivity index (χ2v) is 8.02. The number of fused-ring (bicyclic) bond motifs is 4. The number of hydrogen-bond donors (Lipinski definition) is 1. The highest BCUT2D eigenvalue weighted by atomic mass is 19.4. The Morgan fingerprint density at radius 1 is 1.03 bits per heavy atom. The van der Waals surface area contributed by atoms with Crippen molar-refractivity contribution in [2.45, 2.75) is 43.9 Å². The van der Waals surface area contributed by atoms with E-state index in [1.165, 1.54) is 0 Å². The average molecular weight is 428 g/mol. The first kappa shape index (κ1) is 19.7. The second-order valence-electron chi connectivity index (χ2n) is 8.02. The van der Waals surface area contributed by atoms with E-state index in [4.69, 9.17) is 4.74 Å². The van der Waals surface area contributed by atoms with Gasteiger partial charge in [-0.15, -0.1) is 0 Å². The highest BCUT2D eigenvalue weighted by Crippen LogP contribution is 2.51. The van der Waals surface area contributed by atoms with Crippen LogP contribution in [0.3, 0.4) is 0 Å². The number of nitrogens with zero attached hydrogens (tertiary/aromatic N) is 1. The molecule has 2 unspecified atom stereocenters. The van der Waals surface area contributed by atoms with E-state index >= 15 is 0 Å². The highest BCUT2D eigenvalue weighted by molar-refractivity contribution is 5.94. The molecule has 2 atom stereocenters. The molecule has 0 radical (unpaired) electrons. The van der Waals surface area contributed by atoms with E-state index in [0.717, 1.165) is 27.2 Å². The fraction of sp³-hybridized carbons (Fsp3) is 0.304. The number of carbonyl (C=O) groups is 2. The van der Waals surface area contributed by atoms with Gasteiger partial charge in [0.25, 0.3) is 0 Å². The summed E-state index contributed by atoms with van der Waals surface area (Å²) in [5, 5.41) is 2.65. The molecule has 3 aliphatic heterocycles. The van der Waals surface area contributed by atoms with Crippen LogP contribution in [-0.4, -0.2) is 35.5 Å². The molecule has 31 heavy (non-hydrogen) atoms. The number of anilines is 1. The summed E-state index contributed by atoms with van der Waals surface area (Å²) in [6.45, 7) is 0. The molecule has 2 amide bonds. The van der Waals surface area contributed by atoms with E-state index in [1.54, 1.807) is 12.1 Å². The predicted molar refractivity (Wildman–Crippen MR) is 108 cm³/mol. The van der Waals surface area contributed by atoms with Crippen LogP contribution in [0.4, 0.5) is 18.9 Å². The lowest BCUT2D eigenvalue weighted by Gasteiger charge is -2.38. The number of piperidine rings is 1. The molecule has 2 aromatic rings. The van der Waals surface area contributed by atoms with Crippen molar-refractivity contribution in [2.24, 2.45) is 0 Å². The smallest absolute Gasteiger partial charge is 0.454 e. The van der Waals surface area contributed by atoms with Crippen LogP contribution < -0.4 is 10.1 Å². The van der Waals surface area contributed by atoms with E-state index in [1.807, 2.05) is 30.3 Å². The van der Waals surface area contributed by atoms with E-state index in [-0.39, 0.29) is 0 Å². The normalized spacial score (nSPS) is 21.8. The van der Waals surface area contributed by atoms with Crippen molar-refractivity contribution >= 4 is 23.6 Å². The lowest BCUT2D eigenvalue weighted by atomic mass is 9.83. The lowest BCUT2D eigenvalue weighted by Crippen LogP contribution is -2.50. The van der Waals surface area contributed by atoms with Crippen molar-refractivity contribution in [3.63, 3.8) is 0 Å². The van der Waals surface area contributed by atoms with Crippen molar-refractivity contribution in [1.29, 1.82) is 0 Å². The molecule has 2 fully saturated rings. The molecule has 2 saturated heterocycles. The van der Waals surface area contributed by atoms with E-state index < -0.39 is 24.2 Å². The first-order valence-corrected chi connectivity index (χ1v) is 10.1. The molecule has 2 bridgehead atoms. The number of halogens is 3. The minimum atomic E-state index is -4.86. The van der Waals surface area contributed by atoms with Crippen LogP contribution in [0.2, 0.25) is 0 Å². The van der Waals surface area contributed by atoms with E-state index in [0.29, 0.717) is 49.3 Å². The molecular formula is C23H19F3N2O3. The molecule has 0 spiro atoms. The zero-order valence-electron chi connectivity index (χ0n) is 16.4. The Bertz CT molecular complexity index is 1090. The Hall–Kier alpha value is -3.29. The minimum absolute atomic E-state index is 0.382. The van der Waals surface area contributed by atoms with Gasteiger partial charge in [0.1, 0.15) is 5.75 Å². The standard InChI is InChI=1S/C23H19F3N2O3/c24-23(25,26)22(30)28-14-8-9-15(28)11-13(10-14)20-16-4-1-2-7-19(16)31-21-17(20)5-3-6-18(21)27-12-29/h1-7,12,14-15H,8-11H2,(H,27,29). The van der Waals surface area contributed by atoms with Gasteiger partial charge in [-0.2, -0.15) is 13.2 Å². The zero-order valence-corrected chi connectivity index (χ0v) is 16.4. The van der Waals surface area contributed by atoms with E-state index in [2.05, 4.69) is 5.32 Å². The zero-order chi connectivity index (χ0) is 21.8. The van der Waals surface area contributed by atoms with Gasteiger partial charge < -0.3 is 15.0 Å². The van der Waals surface area contributed by atoms with Gasteiger partial charge in [-0.05, 0) is 43.4 Å². The number of amides is 2. The third-order valence-electron chi connectivity index (χ3n) is 6.28. The van der Waals surface area contributed by atoms with Gasteiger partial charge in [0.05, 0.1) is 5.69 Å². The summed E-state index contributed by atoms with van der Waals surface area (Å²) >= 11 is 0. The fourth-order valence-corrected chi connectivity index (χ4v) is 5.12. The number of ether oxygens (including phenoxy) is 1. The largest absolute Gasteiger partial charge is 0.471 e. The molecule has 0 aromatic heterocycles. The van der Waals surface area contributed by atoms with Crippen LogP contribution in [0, 0.1) is 0 Å². The Labute approximate surface area is 176 Å². The third-order valence-corrected chi connectivity index (χ3v) is 6.28. The lowest BCUT2D eigenvalue weighted by molar-refractivity contribution is -0.189. The number of carbonyl (C=O) groups excluding carboxylic acids is 2. The van der Waals surface area contributed by atoms with Crippen LogP contribution in [0.1, 0.15) is 36.8 Å². The molecular weight excluding hydrogens is 409 g/mol. The van der Waals surface area contributed by atoms with Crippen LogP contribution in [-0.2, 0) is 9.59 Å². The van der Waals surface area contributed by atoms with Crippen LogP contribution in [0.15, 0.2) is 48.0 Å². The van der Waals surface area contributed by atoms with Crippen LogP contribution >= 0.6 is 0 Å². The number of hydrogen-bond acceptors (Lipinski definition) is 3. The number of rotatable bonds is 2. The molecule has 0 aliphatic carbocycles. The summed E-state index contributed by atoms with van der Waals surface area (Å²) in [6, 6.07) is 12.0. The van der Waals surface area contributed by atoms with Crippen molar-refractivity contribution < 1.29 is 27.5 Å². The molecule has 3 aliphatic rings. The summed E-state index contributed by atoms with van der Waals surface area (Å²) in [5.74, 6) is -0.606. The topological polar surface area (TPSA) is 58.6 Å². The van der Waals surface area contributed by atoms with Gasteiger partial charge >= 0.3 is 12.1 Å². The van der Waals surface area contributed by atoms with Gasteiger partial charge in [-0.25, -0.2) is 0 Å². The maximum Gasteiger partial charge on any atom is 0.471 e. The van der Waals surface area contributed by atoms with Gasteiger partial charge in [0, 0.05) is 23.2 Å². The Morgan fingerprint density at radius 3 is 2.39 bits per heavy atom. The van der Waals surface area contributed by atoms with Crippen molar-refractivity contribution in [3.05, 3.63) is 59.2 Å². The number of alkyl halides is 3. The average Bonchev–Trinajstić information content (AvgIpc) is 3.00. The molecule has 5 rings (SSSR count). The molecule has 0 saturated carbocycles. The molecule has 5 nitrogen and oxygen atoms in total. The number of benzene rings is 2. The maximum atomic E-state index is 13.1. The molecule has 2 aromatic carbocycles. The third kappa shape index (κ3) is 3.17. The van der Waals surface area contributed by atoms with Crippen molar-refractivity contribution in [2.75, 3.05) is 5.32 Å².